The van der Waals surface area contributed by atoms with Crippen LogP contribution in [-0.2, 0) is 0 Å². The number of piperazine rings is 1. The second-order valence-electron chi connectivity index (χ2n) is 6.69. The predicted molar refractivity (Wildman–Crippen MR) is 104 cm³/mol. The van der Waals surface area contributed by atoms with Crippen molar-refractivity contribution in [2.24, 2.45) is 4.99 Å². The number of hydrogen-bond donors (Lipinski definition) is 0. The fraction of sp³-hybridized carbons (Fsp3) is 0.579. The third-order valence-corrected chi connectivity index (χ3v) is 4.30. The first-order chi connectivity index (χ1) is 12.5. The van der Waals surface area contributed by atoms with Gasteiger partial charge in [-0.05, 0) is 13.5 Å². The van der Waals surface area contributed by atoms with Crippen molar-refractivity contribution in [3.8, 4) is 17.6 Å². The lowest BCUT2D eigenvalue weighted by Gasteiger charge is -2.32. The lowest BCUT2D eigenvalue weighted by molar-refractivity contribution is 0.145. The maximum atomic E-state index is 9.33. The van der Waals surface area contributed by atoms with E-state index in [0.717, 1.165) is 39.1 Å². The molecule has 1 aliphatic rings. The molecule has 0 saturated carbocycles. The molecule has 0 bridgehead atoms. The lowest BCUT2D eigenvalue weighted by Crippen LogP contribution is -2.44. The fourth-order valence-electron chi connectivity index (χ4n) is 2.74. The number of benzene rings is 1. The van der Waals surface area contributed by atoms with Crippen LogP contribution in [0.15, 0.2) is 17.1 Å². The number of likely N-dealkylation sites (N-methyl/N-ethyl adjacent to an activating group) is 1. The van der Waals surface area contributed by atoms with Gasteiger partial charge in [-0.25, -0.2) is 4.99 Å². The first kappa shape index (κ1) is 20.0. The second kappa shape index (κ2) is 10.00. The molecule has 1 aliphatic heterocycles. The van der Waals surface area contributed by atoms with Crippen molar-refractivity contribution in [2.45, 2.75) is 6.42 Å². The Morgan fingerprint density at radius 1 is 1.23 bits per heavy atom. The number of ether oxygens (including phenoxy) is 2. The van der Waals surface area contributed by atoms with Gasteiger partial charge in [0.1, 0.15) is 6.07 Å². The average molecular weight is 359 g/mol. The van der Waals surface area contributed by atoms with Crippen LogP contribution in [0.5, 0.6) is 11.5 Å². The van der Waals surface area contributed by atoms with Crippen molar-refractivity contribution >= 4 is 12.0 Å². The Morgan fingerprint density at radius 2 is 1.96 bits per heavy atom. The van der Waals surface area contributed by atoms with E-state index in [9.17, 15) is 5.26 Å². The summed E-state index contributed by atoms with van der Waals surface area (Å²) in [6, 6.07) is 5.61. The molecule has 1 fully saturated rings. The van der Waals surface area contributed by atoms with Gasteiger partial charge in [-0.1, -0.05) is 0 Å². The number of hydrogen-bond acceptors (Lipinski definition) is 6. The molecular formula is C19H29N5O2. The van der Waals surface area contributed by atoms with Gasteiger partial charge in [-0.3, -0.25) is 0 Å². The lowest BCUT2D eigenvalue weighted by atomic mass is 10.1. The Bertz CT molecular complexity index is 646. The molecule has 1 saturated heterocycles. The number of rotatable bonds is 8. The Balaban J connectivity index is 1.96. The van der Waals surface area contributed by atoms with E-state index in [0.29, 0.717) is 29.4 Å². The summed E-state index contributed by atoms with van der Waals surface area (Å²) in [5, 5.41) is 9.33. The summed E-state index contributed by atoms with van der Waals surface area (Å²) in [6.07, 6.45) is 2.61. The number of nitrogens with zero attached hydrogens (tertiary/aromatic N) is 5. The van der Waals surface area contributed by atoms with E-state index in [-0.39, 0.29) is 0 Å². The summed E-state index contributed by atoms with van der Waals surface area (Å²) in [7, 11) is 7.51. The molecule has 0 unspecified atom stereocenters. The average Bonchev–Trinajstić information content (AvgIpc) is 2.64. The quantitative estimate of drug-likeness (QED) is 0.401. The minimum absolute atomic E-state index is 0.463. The van der Waals surface area contributed by atoms with Crippen LogP contribution >= 0.6 is 0 Å². The van der Waals surface area contributed by atoms with E-state index in [1.807, 2.05) is 19.0 Å². The summed E-state index contributed by atoms with van der Waals surface area (Å²) in [5.74, 6) is 1.18. The standard InChI is InChI=1S/C19H29N5O2/c1-22(2)15-21-17-13-19(18(25-4)12-16(17)14-20)26-11-5-6-24-9-7-23(3)8-10-24/h12-13,15H,5-11H2,1-4H3. The van der Waals surface area contributed by atoms with Crippen LogP contribution < -0.4 is 9.47 Å². The Kier molecular flexibility index (Phi) is 7.70. The highest BCUT2D eigenvalue weighted by Crippen LogP contribution is 2.34. The minimum Gasteiger partial charge on any atom is -0.493 e. The molecule has 0 amide bonds. The van der Waals surface area contributed by atoms with Crippen LogP contribution in [-0.4, -0.2) is 88.6 Å². The minimum atomic E-state index is 0.463. The Hall–Kier alpha value is -2.30. The SMILES string of the molecule is COc1cc(C#N)c(N=CN(C)C)cc1OCCCN1CCN(C)CC1. The van der Waals surface area contributed by atoms with Crippen LogP contribution in [0, 0.1) is 11.3 Å². The van der Waals surface area contributed by atoms with Gasteiger partial charge in [0.25, 0.3) is 0 Å². The molecule has 0 aliphatic carbocycles. The van der Waals surface area contributed by atoms with Crippen molar-refractivity contribution in [2.75, 3.05) is 67.6 Å². The molecular weight excluding hydrogens is 330 g/mol. The summed E-state index contributed by atoms with van der Waals surface area (Å²) >= 11 is 0. The smallest absolute Gasteiger partial charge is 0.163 e. The topological polar surface area (TPSA) is 64.3 Å². The largest absolute Gasteiger partial charge is 0.493 e. The van der Waals surface area contributed by atoms with Crippen molar-refractivity contribution < 1.29 is 9.47 Å². The zero-order valence-corrected chi connectivity index (χ0v) is 16.2. The molecule has 0 spiro atoms. The van der Waals surface area contributed by atoms with E-state index >= 15 is 0 Å². The number of methoxy groups -OCH3 is 1. The van der Waals surface area contributed by atoms with E-state index in [4.69, 9.17) is 9.47 Å². The van der Waals surface area contributed by atoms with Crippen molar-refractivity contribution in [3.05, 3.63) is 17.7 Å². The monoisotopic (exact) mass is 359 g/mol. The predicted octanol–water partition coefficient (Wildman–Crippen LogP) is 1.80. The normalized spacial score (nSPS) is 15.8. The molecule has 0 atom stereocenters. The van der Waals surface area contributed by atoms with E-state index in [2.05, 4.69) is 27.9 Å². The Morgan fingerprint density at radius 3 is 2.58 bits per heavy atom. The van der Waals surface area contributed by atoms with Gasteiger partial charge < -0.3 is 24.2 Å². The molecule has 0 aromatic heterocycles. The molecule has 0 N–H and O–H groups in total. The van der Waals surface area contributed by atoms with Crippen LogP contribution in [0.2, 0.25) is 0 Å². The second-order valence-corrected chi connectivity index (χ2v) is 6.69. The first-order valence-corrected chi connectivity index (χ1v) is 8.90. The number of nitriles is 1. The first-order valence-electron chi connectivity index (χ1n) is 8.90. The van der Waals surface area contributed by atoms with Crippen molar-refractivity contribution in [1.82, 2.24) is 14.7 Å². The van der Waals surface area contributed by atoms with Gasteiger partial charge >= 0.3 is 0 Å². The molecule has 7 heteroatoms. The van der Waals surface area contributed by atoms with Gasteiger partial charge in [-0.15, -0.1) is 0 Å². The maximum absolute atomic E-state index is 9.33. The van der Waals surface area contributed by atoms with Gasteiger partial charge in [0.05, 0.1) is 31.3 Å². The third kappa shape index (κ3) is 5.90. The van der Waals surface area contributed by atoms with Gasteiger partial charge in [-0.2, -0.15) is 5.26 Å². The van der Waals surface area contributed by atoms with E-state index < -0.39 is 0 Å². The van der Waals surface area contributed by atoms with Gasteiger partial charge in [0.15, 0.2) is 11.5 Å². The zero-order chi connectivity index (χ0) is 18.9. The zero-order valence-electron chi connectivity index (χ0n) is 16.2. The highest BCUT2D eigenvalue weighted by atomic mass is 16.5. The fourth-order valence-corrected chi connectivity index (χ4v) is 2.74. The van der Waals surface area contributed by atoms with E-state index in [1.165, 1.54) is 0 Å². The molecule has 142 valence electrons. The maximum Gasteiger partial charge on any atom is 0.163 e. The summed E-state index contributed by atoms with van der Waals surface area (Å²) in [6.45, 7) is 6.10. The molecule has 1 aromatic carbocycles. The molecule has 1 heterocycles. The molecule has 26 heavy (non-hydrogen) atoms. The molecule has 1 aromatic rings. The summed E-state index contributed by atoms with van der Waals surface area (Å²) in [4.78, 5) is 11.0. The summed E-state index contributed by atoms with van der Waals surface area (Å²) < 4.78 is 11.3. The van der Waals surface area contributed by atoms with Gasteiger partial charge in [0, 0.05) is 59.0 Å². The summed E-state index contributed by atoms with van der Waals surface area (Å²) in [5.41, 5.74) is 1.04. The van der Waals surface area contributed by atoms with Crippen molar-refractivity contribution in [1.29, 1.82) is 5.26 Å². The molecule has 2 rings (SSSR count). The van der Waals surface area contributed by atoms with Crippen LogP contribution in [0.25, 0.3) is 0 Å². The molecule has 0 radical (unpaired) electrons. The molecule has 7 nitrogen and oxygen atoms in total. The van der Waals surface area contributed by atoms with Gasteiger partial charge in [0.2, 0.25) is 0 Å². The van der Waals surface area contributed by atoms with Crippen LogP contribution in [0.4, 0.5) is 5.69 Å². The highest BCUT2D eigenvalue weighted by Gasteiger charge is 2.14. The van der Waals surface area contributed by atoms with Crippen molar-refractivity contribution in [3.63, 3.8) is 0 Å². The third-order valence-electron chi connectivity index (χ3n) is 4.30. The van der Waals surface area contributed by atoms with E-state index in [1.54, 1.807) is 25.6 Å². The number of aliphatic imine (C=N–C) groups is 1. The van der Waals surface area contributed by atoms with Crippen LogP contribution in [0.1, 0.15) is 12.0 Å². The highest BCUT2D eigenvalue weighted by molar-refractivity contribution is 5.68. The van der Waals surface area contributed by atoms with Crippen LogP contribution in [0.3, 0.4) is 0 Å². The Labute approximate surface area is 156 Å².